The predicted octanol–water partition coefficient (Wildman–Crippen LogP) is 6.54. The van der Waals surface area contributed by atoms with E-state index in [4.69, 9.17) is 9.47 Å². The Labute approximate surface area is 246 Å². The topological polar surface area (TPSA) is 110 Å². The summed E-state index contributed by atoms with van der Waals surface area (Å²) in [7, 11) is 0. The molecule has 232 valence electrons. The van der Waals surface area contributed by atoms with Crippen LogP contribution in [0, 0.1) is 50.7 Å². The summed E-state index contributed by atoms with van der Waals surface area (Å²) in [5, 5.41) is 23.2. The highest BCUT2D eigenvalue weighted by atomic mass is 16.5. The molecule has 7 nitrogen and oxygen atoms in total. The average Bonchev–Trinajstić information content (AvgIpc) is 2.96. The fourth-order valence-electron chi connectivity index (χ4n) is 12.5. The Bertz CT molecular complexity index is 1100. The maximum atomic E-state index is 12.9. The van der Waals surface area contributed by atoms with Crippen LogP contribution in [0.25, 0.3) is 0 Å². The molecule has 0 spiro atoms. The van der Waals surface area contributed by atoms with Gasteiger partial charge in [0.25, 0.3) is 0 Å². The van der Waals surface area contributed by atoms with E-state index in [1.807, 2.05) is 6.92 Å². The van der Waals surface area contributed by atoms with Crippen LogP contribution in [0.4, 0.5) is 0 Å². The lowest BCUT2D eigenvalue weighted by atomic mass is 9.41. The van der Waals surface area contributed by atoms with Crippen LogP contribution in [0.5, 0.6) is 0 Å². The number of hydrogen-bond acceptors (Lipinski definition) is 6. The van der Waals surface area contributed by atoms with Gasteiger partial charge in [-0.1, -0.05) is 34.6 Å². The number of carbonyl (C=O) groups is 3. The molecule has 0 unspecified atom stereocenters. The van der Waals surface area contributed by atoms with Gasteiger partial charge in [-0.3, -0.25) is 14.4 Å². The van der Waals surface area contributed by atoms with Crippen LogP contribution in [0.2, 0.25) is 0 Å². The zero-order chi connectivity index (χ0) is 30.4. The number of hydrogen-bond donors (Lipinski definition) is 2. The molecule has 5 saturated carbocycles. The number of ether oxygens (including phenoxy) is 2. The summed E-state index contributed by atoms with van der Waals surface area (Å²) in [6.45, 7) is 16.3. The summed E-state index contributed by atoms with van der Waals surface area (Å²) in [5.74, 6) is -0.811. The third-order valence-corrected chi connectivity index (χ3v) is 14.1. The van der Waals surface area contributed by atoms with Crippen molar-refractivity contribution in [3.63, 3.8) is 0 Å². The zero-order valence-electron chi connectivity index (χ0n) is 26.7. The first-order chi connectivity index (χ1) is 18.8. The number of rotatable bonds is 3. The van der Waals surface area contributed by atoms with Crippen LogP contribution in [0.15, 0.2) is 0 Å². The maximum Gasteiger partial charge on any atom is 0.313 e. The van der Waals surface area contributed by atoms with Crippen molar-refractivity contribution in [3.8, 4) is 0 Å². The fourth-order valence-corrected chi connectivity index (χ4v) is 12.5. The van der Waals surface area contributed by atoms with Crippen molar-refractivity contribution >= 4 is 17.9 Å². The molecule has 0 aromatic rings. The lowest BCUT2D eigenvalue weighted by Gasteiger charge is -2.64. The normalized spacial score (nSPS) is 50.6. The molecule has 5 aliphatic rings. The largest absolute Gasteiger partial charge is 0.481 e. The lowest BCUT2D eigenvalue weighted by Crippen LogP contribution is -2.63. The highest BCUT2D eigenvalue weighted by Crippen LogP contribution is 2.72. The van der Waals surface area contributed by atoms with Crippen LogP contribution < -0.4 is 0 Å². The van der Waals surface area contributed by atoms with Gasteiger partial charge in [0.2, 0.25) is 0 Å². The standard InChI is InChI=1S/C34H54O7/c1-20(35)40-26-13-16-31(6)22(29(26,3)4)12-18-34(39)19-30(5)15-11-24-32(7,23(30)9-10-25(31)34)17-14-27(41-21(2)36)33(24,8)28(37)38/h22-27,39H,9-19H2,1-8H3,(H,37,38)/t22-,23-,24+,25+,26+,27-,30-,31-,32+,33+,34-/m0/s1. The van der Waals surface area contributed by atoms with E-state index in [9.17, 15) is 24.6 Å². The van der Waals surface area contributed by atoms with Crippen LogP contribution >= 0.6 is 0 Å². The molecular weight excluding hydrogens is 520 g/mol. The number of carbonyl (C=O) groups excluding carboxylic acids is 2. The van der Waals surface area contributed by atoms with Gasteiger partial charge in [-0.15, -0.1) is 0 Å². The van der Waals surface area contributed by atoms with Gasteiger partial charge in [0.15, 0.2) is 0 Å². The summed E-state index contributed by atoms with van der Waals surface area (Å²) < 4.78 is 11.5. The summed E-state index contributed by atoms with van der Waals surface area (Å²) in [6.07, 6.45) is 8.42. The van der Waals surface area contributed by atoms with Crippen molar-refractivity contribution in [2.24, 2.45) is 50.7 Å². The first kappa shape index (κ1) is 30.8. The molecule has 0 aromatic heterocycles. The van der Waals surface area contributed by atoms with Gasteiger partial charge in [-0.2, -0.15) is 0 Å². The summed E-state index contributed by atoms with van der Waals surface area (Å²) in [4.78, 5) is 36.8. The molecular formula is C34H54O7. The van der Waals surface area contributed by atoms with Gasteiger partial charge in [-0.25, -0.2) is 0 Å². The third kappa shape index (κ3) is 4.40. The zero-order valence-corrected chi connectivity index (χ0v) is 26.7. The Kier molecular flexibility index (Phi) is 7.28. The van der Waals surface area contributed by atoms with Gasteiger partial charge >= 0.3 is 17.9 Å². The molecule has 0 aliphatic heterocycles. The number of aliphatic hydroxyl groups is 1. The fraction of sp³-hybridized carbons (Fsp3) is 0.912. The van der Waals surface area contributed by atoms with Gasteiger partial charge in [0.05, 0.1) is 5.60 Å². The molecule has 11 atom stereocenters. The van der Waals surface area contributed by atoms with Crippen molar-refractivity contribution in [2.45, 2.75) is 144 Å². The van der Waals surface area contributed by atoms with Crippen molar-refractivity contribution in [1.29, 1.82) is 0 Å². The Morgan fingerprint density at radius 1 is 0.634 bits per heavy atom. The Balaban J connectivity index is 1.49. The first-order valence-corrected chi connectivity index (χ1v) is 16.1. The predicted molar refractivity (Wildman–Crippen MR) is 155 cm³/mol. The van der Waals surface area contributed by atoms with E-state index in [2.05, 4.69) is 34.6 Å². The molecule has 0 saturated heterocycles. The SMILES string of the molecule is CC(=O)O[C@H]1CC[C@@]2(C)[C@@H](CC[C@@]3(C)C[C@@]4(O)CC[C@H]5C(C)(C)[C@H](OC(C)=O)CC[C@]5(C)[C@H]4CC[C@@H]32)[C@@]1(C)C(=O)O. The van der Waals surface area contributed by atoms with Gasteiger partial charge in [-0.05, 0) is 117 Å². The van der Waals surface area contributed by atoms with E-state index in [0.29, 0.717) is 12.3 Å². The second kappa shape index (κ2) is 9.69. The van der Waals surface area contributed by atoms with Crippen LogP contribution in [0.3, 0.4) is 0 Å². The summed E-state index contributed by atoms with van der Waals surface area (Å²) in [6, 6.07) is 0. The molecule has 5 aliphatic carbocycles. The van der Waals surface area contributed by atoms with E-state index in [0.717, 1.165) is 64.2 Å². The molecule has 2 N–H and O–H groups in total. The highest BCUT2D eigenvalue weighted by molar-refractivity contribution is 5.77. The average molecular weight is 575 g/mol. The number of carboxylic acids is 1. The first-order valence-electron chi connectivity index (χ1n) is 16.1. The lowest BCUT2D eigenvalue weighted by molar-refractivity contribution is -0.222. The molecule has 7 heteroatoms. The Hall–Kier alpha value is -1.63. The summed E-state index contributed by atoms with van der Waals surface area (Å²) >= 11 is 0. The van der Waals surface area contributed by atoms with Crippen molar-refractivity contribution in [2.75, 3.05) is 0 Å². The van der Waals surface area contributed by atoms with E-state index in [1.54, 1.807) is 0 Å². The molecule has 0 aromatic carbocycles. The Morgan fingerprint density at radius 2 is 1.15 bits per heavy atom. The minimum atomic E-state index is -1.13. The monoisotopic (exact) mass is 574 g/mol. The summed E-state index contributed by atoms with van der Waals surface area (Å²) in [5.41, 5.74) is -2.42. The van der Waals surface area contributed by atoms with Gasteiger partial charge in [0, 0.05) is 19.3 Å². The van der Waals surface area contributed by atoms with Crippen molar-refractivity contribution in [1.82, 2.24) is 0 Å². The third-order valence-electron chi connectivity index (χ3n) is 14.1. The molecule has 5 rings (SSSR count). The second-order valence-electron chi connectivity index (χ2n) is 16.5. The number of esters is 2. The van der Waals surface area contributed by atoms with E-state index < -0.39 is 29.1 Å². The van der Waals surface area contributed by atoms with E-state index >= 15 is 0 Å². The van der Waals surface area contributed by atoms with Crippen LogP contribution in [-0.4, -0.2) is 45.9 Å². The van der Waals surface area contributed by atoms with Crippen molar-refractivity contribution in [3.05, 3.63) is 0 Å². The van der Waals surface area contributed by atoms with Gasteiger partial charge in [0.1, 0.15) is 17.6 Å². The van der Waals surface area contributed by atoms with Crippen LogP contribution in [0.1, 0.15) is 126 Å². The molecule has 0 radical (unpaired) electrons. The molecule has 5 fully saturated rings. The van der Waals surface area contributed by atoms with E-state index in [-0.39, 0.29) is 51.5 Å². The smallest absolute Gasteiger partial charge is 0.313 e. The molecule has 0 heterocycles. The number of carboxylic acid groups (broad SMARTS) is 1. The quantitative estimate of drug-likeness (QED) is 0.368. The Morgan fingerprint density at radius 3 is 1.73 bits per heavy atom. The van der Waals surface area contributed by atoms with Crippen LogP contribution in [-0.2, 0) is 23.9 Å². The van der Waals surface area contributed by atoms with Crippen molar-refractivity contribution < 1.29 is 34.1 Å². The minimum Gasteiger partial charge on any atom is -0.481 e. The highest BCUT2D eigenvalue weighted by Gasteiger charge is 2.69. The second-order valence-corrected chi connectivity index (χ2v) is 16.5. The van der Waals surface area contributed by atoms with Gasteiger partial charge < -0.3 is 19.7 Å². The molecule has 0 amide bonds. The maximum absolute atomic E-state index is 12.9. The molecule has 0 bridgehead atoms. The number of fused-ring (bicyclic) bond motifs is 6. The number of aliphatic carboxylic acids is 1. The molecule has 41 heavy (non-hydrogen) atoms. The minimum absolute atomic E-state index is 0.0557. The van der Waals surface area contributed by atoms with E-state index in [1.165, 1.54) is 13.8 Å².